The normalized spacial score (nSPS) is 11.1. The number of aromatic nitrogens is 6. The van der Waals surface area contributed by atoms with Gasteiger partial charge in [0.25, 0.3) is 5.56 Å². The largest absolute Gasteiger partial charge is 0.495 e. The number of anilines is 2. The predicted octanol–water partition coefficient (Wildman–Crippen LogP) is 4.50. The van der Waals surface area contributed by atoms with Crippen LogP contribution in [-0.2, 0) is 13.6 Å². The third-order valence-electron chi connectivity index (χ3n) is 5.71. The van der Waals surface area contributed by atoms with Gasteiger partial charge in [-0.25, -0.2) is 9.97 Å². The first kappa shape index (κ1) is 23.7. The van der Waals surface area contributed by atoms with Crippen LogP contribution in [0.4, 0.5) is 11.4 Å². The lowest BCUT2D eigenvalue weighted by atomic mass is 10.1. The smallest absolute Gasteiger partial charge is 0.265 e. The molecule has 12 heteroatoms. The molecule has 0 atom stereocenters. The summed E-state index contributed by atoms with van der Waals surface area (Å²) < 4.78 is 14.0. The number of rotatable bonds is 7. The van der Waals surface area contributed by atoms with Gasteiger partial charge in [-0.3, -0.25) is 14.0 Å². The zero-order valence-electron chi connectivity index (χ0n) is 19.6. The van der Waals surface area contributed by atoms with Crippen LogP contribution in [0.1, 0.15) is 5.82 Å². The van der Waals surface area contributed by atoms with Gasteiger partial charge < -0.3 is 19.4 Å². The van der Waals surface area contributed by atoms with Gasteiger partial charge in [0.1, 0.15) is 33.7 Å². The molecule has 1 N–H and O–H groups in total. The monoisotopic (exact) mass is 525 g/mol. The summed E-state index contributed by atoms with van der Waals surface area (Å²) in [6.45, 7) is 0.269. The Morgan fingerprint density at radius 2 is 1.83 bits per heavy atom. The van der Waals surface area contributed by atoms with Crippen LogP contribution in [0.5, 0.6) is 11.5 Å². The molecule has 184 valence electrons. The molecule has 3 aromatic heterocycles. The molecule has 36 heavy (non-hydrogen) atoms. The van der Waals surface area contributed by atoms with E-state index in [9.17, 15) is 4.79 Å². The molecule has 0 spiro atoms. The van der Waals surface area contributed by atoms with E-state index in [1.165, 1.54) is 25.1 Å². The Bertz CT molecular complexity index is 1580. The highest BCUT2D eigenvalue weighted by Crippen LogP contribution is 2.48. The summed E-state index contributed by atoms with van der Waals surface area (Å²) in [5, 5.41) is 5.13. The second-order valence-corrected chi connectivity index (χ2v) is 8.63. The number of nitrogens with one attached hydrogen (secondary N) is 1. The number of hydrogen-bond acceptors (Lipinski definition) is 7. The van der Waals surface area contributed by atoms with Gasteiger partial charge in [0.05, 0.1) is 49.2 Å². The zero-order valence-corrected chi connectivity index (χ0v) is 21.1. The van der Waals surface area contributed by atoms with Crippen molar-refractivity contribution in [3.05, 3.63) is 81.6 Å². The molecule has 10 nitrogen and oxygen atoms in total. The number of benzene rings is 2. The van der Waals surface area contributed by atoms with E-state index in [2.05, 4.69) is 20.1 Å². The summed E-state index contributed by atoms with van der Waals surface area (Å²) in [5.74, 6) is 1.43. The van der Waals surface area contributed by atoms with Crippen LogP contribution >= 0.6 is 23.2 Å². The number of ether oxygens (including phenoxy) is 2. The van der Waals surface area contributed by atoms with Gasteiger partial charge in [-0.05, 0) is 18.2 Å². The molecular weight excluding hydrogens is 505 g/mol. The van der Waals surface area contributed by atoms with Crippen molar-refractivity contribution in [3.8, 4) is 17.2 Å². The maximum Gasteiger partial charge on any atom is 0.265 e. The molecule has 0 bridgehead atoms. The fourth-order valence-corrected chi connectivity index (χ4v) is 4.64. The number of halogens is 2. The quantitative estimate of drug-likeness (QED) is 0.333. The molecule has 0 unspecified atom stereocenters. The van der Waals surface area contributed by atoms with Gasteiger partial charge >= 0.3 is 0 Å². The number of aromatic amines is 1. The Hall–Kier alpha value is -4.02. The van der Waals surface area contributed by atoms with Crippen LogP contribution in [0, 0.1) is 0 Å². The summed E-state index contributed by atoms with van der Waals surface area (Å²) in [6.07, 6.45) is 8.20. The minimum absolute atomic E-state index is 0.242. The van der Waals surface area contributed by atoms with Crippen LogP contribution in [-0.4, -0.2) is 43.5 Å². The first-order chi connectivity index (χ1) is 17.4. The number of methoxy groups -OCH3 is 2. The first-order valence-electron chi connectivity index (χ1n) is 10.8. The van der Waals surface area contributed by atoms with E-state index in [1.807, 2.05) is 11.0 Å². The van der Waals surface area contributed by atoms with Crippen LogP contribution in [0.15, 0.2) is 60.2 Å². The van der Waals surface area contributed by atoms with E-state index in [0.29, 0.717) is 45.3 Å². The Labute approximate surface area is 215 Å². The van der Waals surface area contributed by atoms with Gasteiger partial charge in [0.2, 0.25) is 0 Å². The lowest BCUT2D eigenvalue weighted by Crippen LogP contribution is -2.21. The number of fused-ring (bicyclic) bond motifs is 1. The van der Waals surface area contributed by atoms with Crippen LogP contribution in [0.25, 0.3) is 16.6 Å². The zero-order chi connectivity index (χ0) is 25.4. The highest BCUT2D eigenvalue weighted by atomic mass is 35.5. The average Bonchev–Trinajstić information content (AvgIpc) is 3.55. The molecule has 5 aromatic rings. The van der Waals surface area contributed by atoms with E-state index in [1.54, 1.807) is 54.7 Å². The predicted molar refractivity (Wildman–Crippen MR) is 138 cm³/mol. The molecule has 0 amide bonds. The Kier molecular flexibility index (Phi) is 6.29. The van der Waals surface area contributed by atoms with E-state index in [-0.39, 0.29) is 22.1 Å². The van der Waals surface area contributed by atoms with Crippen LogP contribution in [0.3, 0.4) is 0 Å². The highest BCUT2D eigenvalue weighted by molar-refractivity contribution is 6.41. The number of hydrogen-bond donors (Lipinski definition) is 1. The van der Waals surface area contributed by atoms with Gasteiger partial charge in [-0.1, -0.05) is 23.2 Å². The maximum atomic E-state index is 13.5. The molecule has 5 rings (SSSR count). The van der Waals surface area contributed by atoms with Crippen molar-refractivity contribution in [3.63, 3.8) is 0 Å². The Balaban J connectivity index is 1.73. The number of H-pyrrole nitrogens is 1. The number of aryl methyl sites for hydroxylation is 1. The summed E-state index contributed by atoms with van der Waals surface area (Å²) in [5.41, 5.74) is 2.00. The summed E-state index contributed by atoms with van der Waals surface area (Å²) >= 11 is 13.5. The van der Waals surface area contributed by atoms with Crippen molar-refractivity contribution >= 4 is 45.5 Å². The summed E-state index contributed by atoms with van der Waals surface area (Å²) in [7, 11) is 4.80. The number of nitrogens with zero attached hydrogens (tertiary/aromatic N) is 6. The maximum absolute atomic E-state index is 13.5. The SMILES string of the molecule is COc1cc(OC)c(Cl)c(N(Cc2ncc[nH]2)c2ccc3ncn(-c4cnn(C)c4)c(=O)c3c2)c1Cl. The van der Waals surface area contributed by atoms with Crippen LogP contribution in [0.2, 0.25) is 10.0 Å². The molecule has 0 aliphatic carbocycles. The molecule has 0 aliphatic rings. The number of imidazole rings is 1. The van der Waals surface area contributed by atoms with Gasteiger partial charge in [-0.15, -0.1) is 0 Å². The van der Waals surface area contributed by atoms with Crippen molar-refractivity contribution < 1.29 is 9.47 Å². The van der Waals surface area contributed by atoms with Crippen molar-refractivity contribution in [2.24, 2.45) is 7.05 Å². The van der Waals surface area contributed by atoms with Gasteiger partial charge in [0, 0.05) is 37.4 Å². The first-order valence-corrected chi connectivity index (χ1v) is 11.5. The van der Waals surface area contributed by atoms with Gasteiger partial charge in [0.15, 0.2) is 0 Å². The fourth-order valence-electron chi connectivity index (χ4n) is 3.94. The third-order valence-corrected chi connectivity index (χ3v) is 6.44. The van der Waals surface area contributed by atoms with E-state index in [0.717, 1.165) is 0 Å². The molecule has 0 saturated carbocycles. The summed E-state index contributed by atoms with van der Waals surface area (Å²) in [6, 6.07) is 6.98. The molecule has 2 aromatic carbocycles. The molecule has 0 saturated heterocycles. The van der Waals surface area contributed by atoms with Crippen LogP contribution < -0.4 is 19.9 Å². The van der Waals surface area contributed by atoms with Crippen molar-refractivity contribution in [1.29, 1.82) is 0 Å². The molecule has 0 radical (unpaired) electrons. The molecule has 0 fully saturated rings. The summed E-state index contributed by atoms with van der Waals surface area (Å²) in [4.78, 5) is 27.2. The van der Waals surface area contributed by atoms with Crippen molar-refractivity contribution in [2.75, 3.05) is 19.1 Å². The average molecular weight is 526 g/mol. The van der Waals surface area contributed by atoms with Gasteiger partial charge in [-0.2, -0.15) is 5.10 Å². The lowest BCUT2D eigenvalue weighted by molar-refractivity contribution is 0.395. The molecule has 3 heterocycles. The minimum atomic E-state index is -0.242. The topological polar surface area (TPSA) is 103 Å². The minimum Gasteiger partial charge on any atom is -0.495 e. The van der Waals surface area contributed by atoms with Crippen molar-refractivity contribution in [1.82, 2.24) is 29.3 Å². The molecule has 0 aliphatic heterocycles. The van der Waals surface area contributed by atoms with E-state index < -0.39 is 0 Å². The Morgan fingerprint density at radius 3 is 2.44 bits per heavy atom. The van der Waals surface area contributed by atoms with Crippen molar-refractivity contribution in [2.45, 2.75) is 6.54 Å². The molecular formula is C24H21Cl2N7O3. The third kappa shape index (κ3) is 4.14. The Morgan fingerprint density at radius 1 is 1.08 bits per heavy atom. The lowest BCUT2D eigenvalue weighted by Gasteiger charge is -2.28. The standard InChI is InChI=1S/C24H21Cl2N7O3/c1-31-11-15(10-30-31)33-13-29-17-5-4-14(8-16(17)24(33)34)32(12-20-27-6-7-28-20)23-21(25)18(35-2)9-19(36-3)22(23)26/h4-11,13H,12H2,1-3H3,(H,27,28). The fraction of sp³-hybridized carbons (Fsp3) is 0.167. The highest BCUT2D eigenvalue weighted by Gasteiger charge is 2.25. The van der Waals surface area contributed by atoms with E-state index >= 15 is 0 Å². The van der Waals surface area contributed by atoms with E-state index in [4.69, 9.17) is 32.7 Å². The second kappa shape index (κ2) is 9.56. The second-order valence-electron chi connectivity index (χ2n) is 7.87.